The molecule has 1 saturated heterocycles. The molecule has 1 aromatic rings. The van der Waals surface area contributed by atoms with Gasteiger partial charge in [-0.3, -0.25) is 0 Å². The predicted molar refractivity (Wildman–Crippen MR) is 100 cm³/mol. The lowest BCUT2D eigenvalue weighted by atomic mass is 10.1. The monoisotopic (exact) mass is 385 g/mol. The SMILES string of the molecule is CCNC(=NCc1ccccc1OC(F)F)N1CCC(COCCOC)C1. The van der Waals surface area contributed by atoms with Crippen LogP contribution in [0.3, 0.4) is 0 Å². The summed E-state index contributed by atoms with van der Waals surface area (Å²) < 4.78 is 40.3. The molecule has 0 amide bonds. The van der Waals surface area contributed by atoms with Crippen molar-refractivity contribution in [2.45, 2.75) is 26.5 Å². The van der Waals surface area contributed by atoms with Gasteiger partial charge in [-0.1, -0.05) is 18.2 Å². The Balaban J connectivity index is 1.95. The first kappa shape index (κ1) is 21.4. The lowest BCUT2D eigenvalue weighted by Crippen LogP contribution is -2.40. The van der Waals surface area contributed by atoms with E-state index in [0.717, 1.165) is 32.0 Å². The first-order valence-corrected chi connectivity index (χ1v) is 9.26. The van der Waals surface area contributed by atoms with Crippen LogP contribution in [0, 0.1) is 5.92 Å². The molecule has 8 heteroatoms. The van der Waals surface area contributed by atoms with Gasteiger partial charge < -0.3 is 24.4 Å². The third kappa shape index (κ3) is 7.30. The molecular formula is C19H29F2N3O3. The van der Waals surface area contributed by atoms with E-state index in [-0.39, 0.29) is 12.3 Å². The summed E-state index contributed by atoms with van der Waals surface area (Å²) in [5.41, 5.74) is 0.631. The zero-order chi connectivity index (χ0) is 19.5. The van der Waals surface area contributed by atoms with Crippen molar-refractivity contribution in [1.29, 1.82) is 0 Å². The van der Waals surface area contributed by atoms with Crippen LogP contribution in [0.25, 0.3) is 0 Å². The molecule has 152 valence electrons. The zero-order valence-corrected chi connectivity index (χ0v) is 16.0. The van der Waals surface area contributed by atoms with Crippen molar-refractivity contribution in [2.24, 2.45) is 10.9 Å². The Kier molecular flexibility index (Phi) is 9.27. The molecule has 1 N–H and O–H groups in total. The number of hydrogen-bond acceptors (Lipinski definition) is 4. The Bertz CT molecular complexity index is 587. The Morgan fingerprint density at radius 3 is 2.89 bits per heavy atom. The van der Waals surface area contributed by atoms with Crippen molar-refractivity contribution in [3.63, 3.8) is 0 Å². The molecule has 0 spiro atoms. The zero-order valence-electron chi connectivity index (χ0n) is 16.0. The van der Waals surface area contributed by atoms with Gasteiger partial charge in [-0.25, -0.2) is 4.99 Å². The molecule has 0 saturated carbocycles. The maximum Gasteiger partial charge on any atom is 0.387 e. The number of alkyl halides is 2. The highest BCUT2D eigenvalue weighted by Gasteiger charge is 2.25. The Hall–Kier alpha value is -1.93. The second kappa shape index (κ2) is 11.7. The molecule has 1 aliphatic heterocycles. The van der Waals surface area contributed by atoms with Crippen LogP contribution in [-0.2, 0) is 16.0 Å². The standard InChI is InChI=1S/C19H29F2N3O3/c1-3-22-19(24-9-8-15(13-24)14-26-11-10-25-2)23-12-16-6-4-5-7-17(16)27-18(20)21/h4-7,15,18H,3,8-14H2,1-2H3,(H,22,23). The number of guanidine groups is 1. The van der Waals surface area contributed by atoms with Crippen LogP contribution in [0.4, 0.5) is 8.78 Å². The van der Waals surface area contributed by atoms with Crippen molar-refractivity contribution in [3.05, 3.63) is 29.8 Å². The summed E-state index contributed by atoms with van der Waals surface area (Å²) in [7, 11) is 1.66. The maximum atomic E-state index is 12.6. The van der Waals surface area contributed by atoms with Crippen molar-refractivity contribution < 1.29 is 23.0 Å². The lowest BCUT2D eigenvalue weighted by Gasteiger charge is -2.22. The van der Waals surface area contributed by atoms with Crippen LogP contribution in [0.2, 0.25) is 0 Å². The number of nitrogens with zero attached hydrogens (tertiary/aromatic N) is 2. The number of nitrogens with one attached hydrogen (secondary N) is 1. The summed E-state index contributed by atoms with van der Waals surface area (Å²) in [4.78, 5) is 6.81. The van der Waals surface area contributed by atoms with E-state index in [1.54, 1.807) is 25.3 Å². The average Bonchev–Trinajstić information content (AvgIpc) is 3.12. The minimum atomic E-state index is -2.85. The molecule has 1 aliphatic rings. The van der Waals surface area contributed by atoms with Gasteiger partial charge in [0.15, 0.2) is 5.96 Å². The summed E-state index contributed by atoms with van der Waals surface area (Å²) >= 11 is 0. The Morgan fingerprint density at radius 2 is 2.15 bits per heavy atom. The van der Waals surface area contributed by atoms with E-state index >= 15 is 0 Å². The highest BCUT2D eigenvalue weighted by atomic mass is 19.3. The number of halogens is 2. The Morgan fingerprint density at radius 1 is 1.33 bits per heavy atom. The molecule has 0 bridgehead atoms. The van der Waals surface area contributed by atoms with E-state index in [2.05, 4.69) is 19.9 Å². The molecule has 0 radical (unpaired) electrons. The topological polar surface area (TPSA) is 55.3 Å². The molecule has 27 heavy (non-hydrogen) atoms. The van der Waals surface area contributed by atoms with Gasteiger partial charge in [-0.05, 0) is 19.4 Å². The minimum absolute atomic E-state index is 0.165. The van der Waals surface area contributed by atoms with Gasteiger partial charge in [0.1, 0.15) is 5.75 Å². The summed E-state index contributed by atoms with van der Waals surface area (Å²) in [5.74, 6) is 1.39. The molecule has 2 rings (SSSR count). The fourth-order valence-corrected chi connectivity index (χ4v) is 2.98. The van der Waals surface area contributed by atoms with Gasteiger partial charge in [0.05, 0.1) is 26.4 Å². The lowest BCUT2D eigenvalue weighted by molar-refractivity contribution is -0.0504. The minimum Gasteiger partial charge on any atom is -0.434 e. The van der Waals surface area contributed by atoms with Crippen LogP contribution < -0.4 is 10.1 Å². The second-order valence-corrected chi connectivity index (χ2v) is 6.32. The van der Waals surface area contributed by atoms with Gasteiger partial charge >= 0.3 is 6.61 Å². The van der Waals surface area contributed by atoms with Crippen molar-refractivity contribution in [2.75, 3.05) is 46.6 Å². The number of methoxy groups -OCH3 is 1. The third-order valence-electron chi connectivity index (χ3n) is 4.29. The largest absolute Gasteiger partial charge is 0.434 e. The van der Waals surface area contributed by atoms with Crippen LogP contribution >= 0.6 is 0 Å². The van der Waals surface area contributed by atoms with E-state index in [4.69, 9.17) is 9.47 Å². The highest BCUT2D eigenvalue weighted by molar-refractivity contribution is 5.80. The number of aliphatic imine (C=N–C) groups is 1. The van der Waals surface area contributed by atoms with Crippen LogP contribution in [0.15, 0.2) is 29.3 Å². The number of rotatable bonds is 10. The quantitative estimate of drug-likeness (QED) is 0.381. The highest BCUT2D eigenvalue weighted by Crippen LogP contribution is 2.22. The molecule has 1 aromatic carbocycles. The third-order valence-corrected chi connectivity index (χ3v) is 4.29. The molecule has 6 nitrogen and oxygen atoms in total. The van der Waals surface area contributed by atoms with Crippen molar-refractivity contribution in [3.8, 4) is 5.75 Å². The smallest absolute Gasteiger partial charge is 0.387 e. The van der Waals surface area contributed by atoms with Gasteiger partial charge in [0, 0.05) is 38.2 Å². The number of benzene rings is 1. The summed E-state index contributed by atoms with van der Waals surface area (Å²) in [5, 5.41) is 3.28. The van der Waals surface area contributed by atoms with E-state index in [1.807, 2.05) is 6.92 Å². The second-order valence-electron chi connectivity index (χ2n) is 6.32. The molecule has 1 unspecified atom stereocenters. The van der Waals surface area contributed by atoms with E-state index in [0.29, 0.717) is 31.3 Å². The van der Waals surface area contributed by atoms with E-state index in [9.17, 15) is 8.78 Å². The molecule has 1 heterocycles. The van der Waals surface area contributed by atoms with Gasteiger partial charge in [0.2, 0.25) is 0 Å². The van der Waals surface area contributed by atoms with Gasteiger partial charge in [-0.2, -0.15) is 8.78 Å². The first-order chi connectivity index (χ1) is 13.1. The van der Waals surface area contributed by atoms with Crippen LogP contribution in [0.5, 0.6) is 5.75 Å². The maximum absolute atomic E-state index is 12.6. The normalized spacial score (nSPS) is 17.6. The number of para-hydroxylation sites is 1. The van der Waals surface area contributed by atoms with Crippen LogP contribution in [0.1, 0.15) is 18.9 Å². The van der Waals surface area contributed by atoms with Crippen molar-refractivity contribution in [1.82, 2.24) is 10.2 Å². The average molecular weight is 385 g/mol. The summed E-state index contributed by atoms with van der Waals surface area (Å²) in [6.45, 7) is 3.81. The summed E-state index contributed by atoms with van der Waals surface area (Å²) in [6, 6.07) is 6.75. The van der Waals surface area contributed by atoms with Gasteiger partial charge in [0.25, 0.3) is 0 Å². The number of likely N-dealkylation sites (tertiary alicyclic amines) is 1. The summed E-state index contributed by atoms with van der Waals surface area (Å²) in [6.07, 6.45) is 1.03. The molecule has 0 aliphatic carbocycles. The number of hydrogen-bond donors (Lipinski definition) is 1. The molecule has 1 fully saturated rings. The Labute approximate surface area is 159 Å². The molecule has 1 atom stereocenters. The van der Waals surface area contributed by atoms with E-state index in [1.165, 1.54) is 6.07 Å². The predicted octanol–water partition coefficient (Wildman–Crippen LogP) is 2.74. The molecule has 0 aromatic heterocycles. The fourth-order valence-electron chi connectivity index (χ4n) is 2.98. The number of ether oxygens (including phenoxy) is 3. The van der Waals surface area contributed by atoms with Gasteiger partial charge in [-0.15, -0.1) is 0 Å². The first-order valence-electron chi connectivity index (χ1n) is 9.26. The van der Waals surface area contributed by atoms with E-state index < -0.39 is 6.61 Å². The molecular weight excluding hydrogens is 356 g/mol. The fraction of sp³-hybridized carbons (Fsp3) is 0.632. The van der Waals surface area contributed by atoms with Crippen molar-refractivity contribution >= 4 is 5.96 Å². The van der Waals surface area contributed by atoms with Crippen LogP contribution in [-0.4, -0.2) is 64.0 Å².